The number of hydrogen-bond donors (Lipinski definition) is 0. The maximum Gasteiger partial charge on any atom is 0.253 e. The molecule has 2 rings (SSSR count). The molecule has 2 aromatic rings. The highest BCUT2D eigenvalue weighted by molar-refractivity contribution is 5.94. The van der Waals surface area contributed by atoms with Gasteiger partial charge in [0.15, 0.2) is 5.78 Å². The minimum atomic E-state index is -0.224. The number of nitrogens with zero attached hydrogens (tertiary/aromatic N) is 3. The number of aryl methyl sites for hydroxylation is 1. The van der Waals surface area contributed by atoms with E-state index >= 15 is 0 Å². The summed E-state index contributed by atoms with van der Waals surface area (Å²) >= 11 is 0. The zero-order valence-corrected chi connectivity index (χ0v) is 8.83. The number of Topliss-reactive ketones (excluding diaryl/α,β-unsaturated/α-hetero) is 1. The van der Waals surface area contributed by atoms with Crippen molar-refractivity contribution in [1.82, 2.24) is 14.1 Å². The van der Waals surface area contributed by atoms with Crippen LogP contribution in [0.1, 0.15) is 10.5 Å². The molecule has 0 aliphatic carbocycles. The number of hydrogen-bond acceptors (Lipinski definition) is 3. The SMILES string of the molecule is Cn1cccc1C(=O)Cn1cnccc1=O. The number of aromatic nitrogens is 3. The first-order valence-corrected chi connectivity index (χ1v) is 4.83. The molecule has 82 valence electrons. The third kappa shape index (κ3) is 1.93. The van der Waals surface area contributed by atoms with E-state index in [1.54, 1.807) is 29.9 Å². The Morgan fingerprint density at radius 2 is 2.25 bits per heavy atom. The van der Waals surface area contributed by atoms with Gasteiger partial charge >= 0.3 is 0 Å². The van der Waals surface area contributed by atoms with Gasteiger partial charge in [-0.15, -0.1) is 0 Å². The second-order valence-electron chi connectivity index (χ2n) is 3.47. The summed E-state index contributed by atoms with van der Waals surface area (Å²) in [5, 5.41) is 0. The molecule has 0 unspecified atom stereocenters. The summed E-state index contributed by atoms with van der Waals surface area (Å²) in [4.78, 5) is 27.0. The smallest absolute Gasteiger partial charge is 0.253 e. The van der Waals surface area contributed by atoms with Crippen molar-refractivity contribution in [2.45, 2.75) is 6.54 Å². The predicted molar refractivity (Wildman–Crippen MR) is 58.2 cm³/mol. The van der Waals surface area contributed by atoms with E-state index in [1.807, 2.05) is 0 Å². The van der Waals surface area contributed by atoms with E-state index < -0.39 is 0 Å². The lowest BCUT2D eigenvalue weighted by Gasteiger charge is -2.04. The van der Waals surface area contributed by atoms with Gasteiger partial charge < -0.3 is 4.57 Å². The average Bonchev–Trinajstić information content (AvgIpc) is 2.68. The monoisotopic (exact) mass is 217 g/mol. The molecule has 0 saturated carbocycles. The van der Waals surface area contributed by atoms with Crippen LogP contribution in [0.2, 0.25) is 0 Å². The molecule has 0 aliphatic heterocycles. The van der Waals surface area contributed by atoms with E-state index in [0.717, 1.165) is 0 Å². The number of ketones is 1. The Hall–Kier alpha value is -2.17. The van der Waals surface area contributed by atoms with E-state index in [1.165, 1.54) is 23.2 Å². The van der Waals surface area contributed by atoms with Crippen LogP contribution in [0.25, 0.3) is 0 Å². The minimum absolute atomic E-state index is 0.0184. The number of carbonyl (C=O) groups is 1. The molecule has 0 saturated heterocycles. The van der Waals surface area contributed by atoms with Crippen molar-refractivity contribution in [1.29, 1.82) is 0 Å². The molecule has 0 atom stereocenters. The van der Waals surface area contributed by atoms with Crippen molar-refractivity contribution in [3.63, 3.8) is 0 Å². The van der Waals surface area contributed by atoms with E-state index in [0.29, 0.717) is 5.69 Å². The molecule has 16 heavy (non-hydrogen) atoms. The molecule has 2 heterocycles. The fourth-order valence-electron chi connectivity index (χ4n) is 1.48. The Balaban J connectivity index is 2.24. The van der Waals surface area contributed by atoms with Crippen molar-refractivity contribution < 1.29 is 4.79 Å². The normalized spacial score (nSPS) is 10.3. The van der Waals surface area contributed by atoms with Crippen molar-refractivity contribution >= 4 is 5.78 Å². The first kappa shape index (κ1) is 10.4. The molecular formula is C11H11N3O2. The Labute approximate surface area is 92.0 Å². The van der Waals surface area contributed by atoms with Crippen LogP contribution in [0.15, 0.2) is 41.7 Å². The summed E-state index contributed by atoms with van der Waals surface area (Å²) in [6.07, 6.45) is 4.56. The van der Waals surface area contributed by atoms with Gasteiger partial charge in [0.25, 0.3) is 5.56 Å². The molecular weight excluding hydrogens is 206 g/mol. The van der Waals surface area contributed by atoms with Gasteiger partial charge in [0.05, 0.1) is 18.6 Å². The van der Waals surface area contributed by atoms with Gasteiger partial charge in [0.2, 0.25) is 0 Å². The van der Waals surface area contributed by atoms with Gasteiger partial charge in [0, 0.05) is 25.5 Å². The summed E-state index contributed by atoms with van der Waals surface area (Å²) in [6.45, 7) is 0.0184. The molecule has 0 aromatic carbocycles. The van der Waals surface area contributed by atoms with Gasteiger partial charge in [0.1, 0.15) is 0 Å². The van der Waals surface area contributed by atoms with Crippen LogP contribution in [0.4, 0.5) is 0 Å². The molecule has 5 nitrogen and oxygen atoms in total. The topological polar surface area (TPSA) is 56.9 Å². The summed E-state index contributed by atoms with van der Waals surface area (Å²) in [5.41, 5.74) is 0.355. The van der Waals surface area contributed by atoms with Crippen LogP contribution in [0, 0.1) is 0 Å². The lowest BCUT2D eigenvalue weighted by molar-refractivity contribution is 0.0962. The maximum absolute atomic E-state index is 11.8. The standard InChI is InChI=1S/C11H11N3O2/c1-13-6-2-3-9(13)10(15)7-14-8-12-5-4-11(14)16/h2-6,8H,7H2,1H3. The van der Waals surface area contributed by atoms with Crippen LogP contribution in [-0.2, 0) is 13.6 Å². The molecule has 0 spiro atoms. The van der Waals surface area contributed by atoms with E-state index in [4.69, 9.17) is 0 Å². The van der Waals surface area contributed by atoms with Gasteiger partial charge in [-0.2, -0.15) is 0 Å². The zero-order chi connectivity index (χ0) is 11.5. The van der Waals surface area contributed by atoms with E-state index in [-0.39, 0.29) is 17.9 Å². The first-order chi connectivity index (χ1) is 7.68. The highest BCUT2D eigenvalue weighted by Gasteiger charge is 2.09. The van der Waals surface area contributed by atoms with Crippen molar-refractivity contribution in [3.8, 4) is 0 Å². The Bertz CT molecular complexity index is 568. The van der Waals surface area contributed by atoms with Gasteiger partial charge in [-0.25, -0.2) is 4.98 Å². The first-order valence-electron chi connectivity index (χ1n) is 4.83. The summed E-state index contributed by atoms with van der Waals surface area (Å²) < 4.78 is 3.01. The van der Waals surface area contributed by atoms with Crippen LogP contribution in [0.5, 0.6) is 0 Å². The highest BCUT2D eigenvalue weighted by atomic mass is 16.1. The van der Waals surface area contributed by atoms with E-state index in [9.17, 15) is 9.59 Å². The second-order valence-corrected chi connectivity index (χ2v) is 3.47. The summed E-state index contributed by atoms with van der Waals surface area (Å²) in [5.74, 6) is -0.109. The number of carbonyl (C=O) groups excluding carboxylic acids is 1. The molecule has 0 fully saturated rings. The van der Waals surface area contributed by atoms with E-state index in [2.05, 4.69) is 4.98 Å². The lowest BCUT2D eigenvalue weighted by atomic mass is 10.3. The zero-order valence-electron chi connectivity index (χ0n) is 8.83. The molecule has 0 N–H and O–H groups in total. The van der Waals surface area contributed by atoms with Gasteiger partial charge in [-0.1, -0.05) is 0 Å². The number of rotatable bonds is 3. The Morgan fingerprint density at radius 1 is 1.44 bits per heavy atom. The predicted octanol–water partition coefficient (Wildman–Crippen LogP) is 0.465. The molecule has 0 aliphatic rings. The Morgan fingerprint density at radius 3 is 2.88 bits per heavy atom. The average molecular weight is 217 g/mol. The molecule has 2 aromatic heterocycles. The van der Waals surface area contributed by atoms with Crippen LogP contribution >= 0.6 is 0 Å². The van der Waals surface area contributed by atoms with Crippen LogP contribution < -0.4 is 5.56 Å². The molecule has 0 radical (unpaired) electrons. The highest BCUT2D eigenvalue weighted by Crippen LogP contribution is 2.01. The van der Waals surface area contributed by atoms with Crippen molar-refractivity contribution in [2.24, 2.45) is 7.05 Å². The fraction of sp³-hybridized carbons (Fsp3) is 0.182. The molecule has 5 heteroatoms. The lowest BCUT2D eigenvalue weighted by Crippen LogP contribution is -2.24. The minimum Gasteiger partial charge on any atom is -0.348 e. The van der Waals surface area contributed by atoms with Crippen molar-refractivity contribution in [2.75, 3.05) is 0 Å². The molecule has 0 amide bonds. The second kappa shape index (κ2) is 4.14. The quantitative estimate of drug-likeness (QED) is 0.702. The third-order valence-electron chi connectivity index (χ3n) is 2.34. The van der Waals surface area contributed by atoms with Crippen molar-refractivity contribution in [3.05, 3.63) is 53.0 Å². The summed E-state index contributed by atoms with van der Waals surface area (Å²) in [6, 6.07) is 4.85. The van der Waals surface area contributed by atoms with Crippen LogP contribution in [-0.4, -0.2) is 19.9 Å². The Kier molecular flexibility index (Phi) is 2.68. The molecule has 0 bridgehead atoms. The van der Waals surface area contributed by atoms with Gasteiger partial charge in [-0.3, -0.25) is 14.2 Å². The largest absolute Gasteiger partial charge is 0.348 e. The summed E-state index contributed by atoms with van der Waals surface area (Å²) in [7, 11) is 1.79. The van der Waals surface area contributed by atoms with Gasteiger partial charge in [-0.05, 0) is 12.1 Å². The van der Waals surface area contributed by atoms with Crippen LogP contribution in [0.3, 0.4) is 0 Å². The third-order valence-corrected chi connectivity index (χ3v) is 2.34. The fourth-order valence-corrected chi connectivity index (χ4v) is 1.48. The maximum atomic E-state index is 11.8.